The summed E-state index contributed by atoms with van der Waals surface area (Å²) in [5.41, 5.74) is 4.40. The van der Waals surface area contributed by atoms with Gasteiger partial charge in [-0.15, -0.1) is 11.3 Å². The van der Waals surface area contributed by atoms with E-state index in [4.69, 9.17) is 5.73 Å². The van der Waals surface area contributed by atoms with Crippen molar-refractivity contribution in [2.24, 2.45) is 11.1 Å². The van der Waals surface area contributed by atoms with Crippen LogP contribution in [0.1, 0.15) is 36.3 Å². The first-order chi connectivity index (χ1) is 7.13. The first-order valence-corrected chi connectivity index (χ1v) is 5.71. The predicted octanol–water partition coefficient (Wildman–Crippen LogP) is 3.21. The molecule has 0 saturated carbocycles. The van der Waals surface area contributed by atoms with Gasteiger partial charge in [0.1, 0.15) is 0 Å². The number of alkyl halides is 3. The van der Waals surface area contributed by atoms with Gasteiger partial charge in [-0.05, 0) is 5.41 Å². The number of hydrogen-bond acceptors (Lipinski definition) is 3. The first kappa shape index (κ1) is 13.4. The van der Waals surface area contributed by atoms with Crippen LogP contribution >= 0.6 is 11.3 Å². The molecule has 2 nitrogen and oxygen atoms in total. The fraction of sp³-hybridized carbons (Fsp3) is 0.700. The Morgan fingerprint density at radius 2 is 1.81 bits per heavy atom. The molecule has 0 radical (unpaired) electrons. The molecule has 2 N–H and O–H groups in total. The van der Waals surface area contributed by atoms with Gasteiger partial charge < -0.3 is 5.73 Å². The van der Waals surface area contributed by atoms with E-state index in [0.29, 0.717) is 11.4 Å². The van der Waals surface area contributed by atoms with Gasteiger partial charge in [0.2, 0.25) is 0 Å². The van der Waals surface area contributed by atoms with Crippen LogP contribution in [0.5, 0.6) is 0 Å². The van der Waals surface area contributed by atoms with Crippen LogP contribution in [0.2, 0.25) is 0 Å². The maximum absolute atomic E-state index is 12.6. The van der Waals surface area contributed by atoms with E-state index >= 15 is 0 Å². The highest BCUT2D eigenvalue weighted by Crippen LogP contribution is 2.35. The number of thiazole rings is 1. The largest absolute Gasteiger partial charge is 0.434 e. The fourth-order valence-corrected chi connectivity index (χ4v) is 2.56. The molecule has 0 aliphatic heterocycles. The second kappa shape index (κ2) is 4.33. The third-order valence-electron chi connectivity index (χ3n) is 1.88. The van der Waals surface area contributed by atoms with Gasteiger partial charge in [-0.3, -0.25) is 0 Å². The summed E-state index contributed by atoms with van der Waals surface area (Å²) in [4.78, 5) is 3.77. The van der Waals surface area contributed by atoms with E-state index in [9.17, 15) is 13.2 Å². The molecule has 0 aliphatic carbocycles. The lowest BCUT2D eigenvalue weighted by Gasteiger charge is -2.15. The monoisotopic (exact) mass is 252 g/mol. The lowest BCUT2D eigenvalue weighted by Crippen LogP contribution is -2.12. The van der Waals surface area contributed by atoms with Crippen LogP contribution in [0, 0.1) is 5.41 Å². The lowest BCUT2D eigenvalue weighted by atomic mass is 9.93. The molecule has 0 bridgehead atoms. The Balaban J connectivity index is 3.04. The second-order valence-electron chi connectivity index (χ2n) is 4.82. The molecule has 0 unspecified atom stereocenters. The molecule has 92 valence electrons. The topological polar surface area (TPSA) is 38.9 Å². The van der Waals surface area contributed by atoms with E-state index in [0.717, 1.165) is 11.3 Å². The van der Waals surface area contributed by atoms with Crippen LogP contribution in [-0.2, 0) is 19.1 Å². The molecule has 1 aromatic heterocycles. The van der Waals surface area contributed by atoms with Crippen LogP contribution < -0.4 is 5.73 Å². The summed E-state index contributed by atoms with van der Waals surface area (Å²) in [6, 6.07) is 0. The molecule has 0 fully saturated rings. The predicted molar refractivity (Wildman–Crippen MR) is 58.2 cm³/mol. The highest BCUT2D eigenvalue weighted by atomic mass is 32.1. The minimum Gasteiger partial charge on any atom is -0.326 e. The maximum Gasteiger partial charge on any atom is 0.434 e. The molecule has 0 aromatic carbocycles. The van der Waals surface area contributed by atoms with Gasteiger partial charge in [0.25, 0.3) is 0 Å². The minimum absolute atomic E-state index is 0.0768. The zero-order valence-electron chi connectivity index (χ0n) is 9.48. The molecule has 0 spiro atoms. The molecule has 0 amide bonds. The molecular weight excluding hydrogens is 237 g/mol. The van der Waals surface area contributed by atoms with E-state index in [2.05, 4.69) is 4.98 Å². The number of nitrogens with two attached hydrogens (primary N) is 1. The standard InChI is InChI=1S/C10H15F3N2S/c1-9(2,3)4-7-15-8(10(11,12)13)6(5-14)16-7/h4-5,14H2,1-3H3. The Kier molecular flexibility index (Phi) is 3.64. The van der Waals surface area contributed by atoms with E-state index in [1.807, 2.05) is 20.8 Å². The van der Waals surface area contributed by atoms with Crippen molar-refractivity contribution in [3.63, 3.8) is 0 Å². The number of rotatable bonds is 2. The Morgan fingerprint density at radius 1 is 1.25 bits per heavy atom. The Labute approximate surface area is 96.7 Å². The highest BCUT2D eigenvalue weighted by Gasteiger charge is 2.37. The summed E-state index contributed by atoms with van der Waals surface area (Å²) in [6.45, 7) is 5.77. The van der Waals surface area contributed by atoms with Crippen molar-refractivity contribution in [1.82, 2.24) is 4.98 Å². The summed E-state index contributed by atoms with van der Waals surface area (Å²) in [5.74, 6) is 0. The molecule has 6 heteroatoms. The minimum atomic E-state index is -4.40. The smallest absolute Gasteiger partial charge is 0.326 e. The van der Waals surface area contributed by atoms with E-state index in [1.165, 1.54) is 0 Å². The fourth-order valence-electron chi connectivity index (χ4n) is 1.29. The van der Waals surface area contributed by atoms with Gasteiger partial charge >= 0.3 is 6.18 Å². The average Bonchev–Trinajstić information content (AvgIpc) is 2.43. The van der Waals surface area contributed by atoms with E-state index in [-0.39, 0.29) is 16.8 Å². The van der Waals surface area contributed by atoms with Gasteiger partial charge in [0.05, 0.1) is 9.88 Å². The van der Waals surface area contributed by atoms with Gasteiger partial charge in [0.15, 0.2) is 5.69 Å². The number of halogens is 3. The van der Waals surface area contributed by atoms with Crippen LogP contribution in [0.15, 0.2) is 0 Å². The highest BCUT2D eigenvalue weighted by molar-refractivity contribution is 7.11. The van der Waals surface area contributed by atoms with Crippen molar-refractivity contribution in [2.45, 2.75) is 39.9 Å². The summed E-state index contributed by atoms with van der Waals surface area (Å²) in [5, 5.41) is 0.500. The first-order valence-electron chi connectivity index (χ1n) is 4.89. The van der Waals surface area contributed by atoms with Gasteiger partial charge in [-0.1, -0.05) is 20.8 Å². The molecule has 1 rings (SSSR count). The molecule has 0 atom stereocenters. The average molecular weight is 252 g/mol. The van der Waals surface area contributed by atoms with Crippen LogP contribution in [-0.4, -0.2) is 4.98 Å². The molecule has 0 saturated heterocycles. The Bertz CT molecular complexity index is 363. The van der Waals surface area contributed by atoms with Gasteiger partial charge in [0, 0.05) is 13.0 Å². The van der Waals surface area contributed by atoms with Crippen molar-refractivity contribution < 1.29 is 13.2 Å². The third-order valence-corrected chi connectivity index (χ3v) is 2.95. The number of aromatic nitrogens is 1. The summed E-state index contributed by atoms with van der Waals surface area (Å²) < 4.78 is 37.7. The SMILES string of the molecule is CC(C)(C)Cc1nc(C(F)(F)F)c(CN)s1. The van der Waals surface area contributed by atoms with Crippen LogP contribution in [0.4, 0.5) is 13.2 Å². The molecule has 1 heterocycles. The Hall–Kier alpha value is -0.620. The second-order valence-corrected chi connectivity index (χ2v) is 5.99. The Morgan fingerprint density at radius 3 is 2.12 bits per heavy atom. The lowest BCUT2D eigenvalue weighted by molar-refractivity contribution is -0.141. The van der Waals surface area contributed by atoms with Crippen LogP contribution in [0.3, 0.4) is 0 Å². The molecule has 0 aliphatic rings. The number of hydrogen-bond donors (Lipinski definition) is 1. The zero-order chi connectivity index (χ0) is 12.6. The maximum atomic E-state index is 12.6. The third kappa shape index (κ3) is 3.45. The molecular formula is C10H15F3N2S. The number of nitrogens with zero attached hydrogens (tertiary/aromatic N) is 1. The summed E-state index contributed by atoms with van der Waals surface area (Å²) in [7, 11) is 0. The quantitative estimate of drug-likeness (QED) is 0.877. The van der Waals surface area contributed by atoms with Gasteiger partial charge in [-0.2, -0.15) is 13.2 Å². The van der Waals surface area contributed by atoms with Crippen molar-refractivity contribution in [1.29, 1.82) is 0 Å². The molecule has 1 aromatic rings. The molecule has 16 heavy (non-hydrogen) atoms. The normalized spacial score (nSPS) is 13.2. The van der Waals surface area contributed by atoms with Crippen molar-refractivity contribution in [2.75, 3.05) is 0 Å². The summed E-state index contributed by atoms with van der Waals surface area (Å²) in [6.07, 6.45) is -3.87. The van der Waals surface area contributed by atoms with Gasteiger partial charge in [-0.25, -0.2) is 4.98 Å². The van der Waals surface area contributed by atoms with E-state index in [1.54, 1.807) is 0 Å². The van der Waals surface area contributed by atoms with Crippen molar-refractivity contribution in [3.8, 4) is 0 Å². The van der Waals surface area contributed by atoms with Crippen molar-refractivity contribution >= 4 is 11.3 Å². The zero-order valence-corrected chi connectivity index (χ0v) is 10.3. The summed E-state index contributed by atoms with van der Waals surface area (Å²) >= 11 is 1.06. The van der Waals surface area contributed by atoms with Crippen LogP contribution in [0.25, 0.3) is 0 Å². The van der Waals surface area contributed by atoms with E-state index < -0.39 is 11.9 Å². The van der Waals surface area contributed by atoms with Crippen molar-refractivity contribution in [3.05, 3.63) is 15.6 Å².